The van der Waals surface area contributed by atoms with Gasteiger partial charge in [0.15, 0.2) is 0 Å². The normalized spacial score (nSPS) is 10.2. The van der Waals surface area contributed by atoms with Crippen LogP contribution in [0.15, 0.2) is 42.5 Å². The van der Waals surface area contributed by atoms with Crippen LogP contribution in [0.25, 0.3) is 0 Å². The zero-order valence-corrected chi connectivity index (χ0v) is 14.5. The number of hydrogen-bond acceptors (Lipinski definition) is 5. The molecule has 0 aliphatic rings. The van der Waals surface area contributed by atoms with Crippen molar-refractivity contribution in [2.45, 2.75) is 13.5 Å². The predicted octanol–water partition coefficient (Wildman–Crippen LogP) is 2.99. The van der Waals surface area contributed by atoms with Crippen LogP contribution in [0.4, 0.5) is 11.4 Å². The first-order chi connectivity index (χ1) is 12.0. The molecule has 1 N–H and O–H groups in total. The van der Waals surface area contributed by atoms with E-state index in [1.165, 1.54) is 19.2 Å². The zero-order valence-electron chi connectivity index (χ0n) is 14.5. The van der Waals surface area contributed by atoms with Crippen LogP contribution < -0.4 is 15.0 Å². The molecular formula is C18H21N3O4. The average Bonchev–Trinajstić information content (AvgIpc) is 2.62. The molecule has 0 spiro atoms. The third kappa shape index (κ3) is 4.47. The summed E-state index contributed by atoms with van der Waals surface area (Å²) in [7, 11) is 3.33. The Morgan fingerprint density at radius 2 is 1.92 bits per heavy atom. The Labute approximate surface area is 146 Å². The number of nitro benzene ring substituents is 1. The summed E-state index contributed by atoms with van der Waals surface area (Å²) in [6.07, 6.45) is 0. The van der Waals surface area contributed by atoms with Gasteiger partial charge in [-0.1, -0.05) is 12.1 Å². The van der Waals surface area contributed by atoms with E-state index >= 15 is 0 Å². The second-order valence-corrected chi connectivity index (χ2v) is 5.47. The van der Waals surface area contributed by atoms with Gasteiger partial charge >= 0.3 is 0 Å². The Morgan fingerprint density at radius 3 is 2.48 bits per heavy atom. The molecule has 0 radical (unpaired) electrons. The molecule has 2 rings (SSSR count). The molecule has 0 bridgehead atoms. The first-order valence-corrected chi connectivity index (χ1v) is 7.89. The molecule has 132 valence electrons. The maximum Gasteiger partial charge on any atom is 0.270 e. The highest BCUT2D eigenvalue weighted by atomic mass is 16.6. The van der Waals surface area contributed by atoms with Crippen molar-refractivity contribution in [3.8, 4) is 5.75 Å². The Hall–Kier alpha value is -3.09. The van der Waals surface area contributed by atoms with Crippen LogP contribution in [0.5, 0.6) is 5.75 Å². The van der Waals surface area contributed by atoms with Crippen LogP contribution in [0.2, 0.25) is 0 Å². The summed E-state index contributed by atoms with van der Waals surface area (Å²) in [6.45, 7) is 3.09. The van der Waals surface area contributed by atoms with Crippen molar-refractivity contribution in [1.29, 1.82) is 0 Å². The summed E-state index contributed by atoms with van der Waals surface area (Å²) in [5.41, 5.74) is 1.81. The molecular weight excluding hydrogens is 322 g/mol. The maximum atomic E-state index is 12.1. The molecule has 0 saturated carbocycles. The van der Waals surface area contributed by atoms with E-state index in [1.54, 1.807) is 6.07 Å². The molecule has 0 aromatic heterocycles. The van der Waals surface area contributed by atoms with E-state index in [1.807, 2.05) is 43.1 Å². The van der Waals surface area contributed by atoms with Crippen LogP contribution in [-0.4, -0.2) is 31.5 Å². The van der Waals surface area contributed by atoms with E-state index < -0.39 is 4.92 Å². The van der Waals surface area contributed by atoms with E-state index in [2.05, 4.69) is 5.32 Å². The van der Waals surface area contributed by atoms with Crippen molar-refractivity contribution in [1.82, 2.24) is 5.32 Å². The third-order valence-corrected chi connectivity index (χ3v) is 3.73. The topological polar surface area (TPSA) is 84.7 Å². The molecule has 0 heterocycles. The van der Waals surface area contributed by atoms with E-state index in [0.29, 0.717) is 18.8 Å². The quantitative estimate of drug-likeness (QED) is 0.617. The van der Waals surface area contributed by atoms with Gasteiger partial charge in [-0.3, -0.25) is 14.9 Å². The van der Waals surface area contributed by atoms with Gasteiger partial charge in [0.2, 0.25) is 0 Å². The van der Waals surface area contributed by atoms with Crippen LogP contribution in [0.1, 0.15) is 22.8 Å². The number of nitrogens with one attached hydrogen (secondary N) is 1. The Balaban J connectivity index is 2.26. The molecule has 2 aromatic rings. The number of amides is 1. The zero-order chi connectivity index (χ0) is 18.4. The fourth-order valence-corrected chi connectivity index (χ4v) is 2.50. The van der Waals surface area contributed by atoms with Gasteiger partial charge in [0.1, 0.15) is 5.75 Å². The van der Waals surface area contributed by atoms with Crippen molar-refractivity contribution in [2.24, 2.45) is 0 Å². The van der Waals surface area contributed by atoms with E-state index in [-0.39, 0.29) is 17.2 Å². The molecule has 0 aliphatic carbocycles. The molecule has 2 aromatic carbocycles. The number of hydrogen-bond donors (Lipinski definition) is 1. The smallest absolute Gasteiger partial charge is 0.270 e. The molecule has 0 saturated heterocycles. The summed E-state index contributed by atoms with van der Waals surface area (Å²) >= 11 is 0. The number of ether oxygens (including phenoxy) is 1. The molecule has 0 atom stereocenters. The monoisotopic (exact) mass is 343 g/mol. The largest absolute Gasteiger partial charge is 0.494 e. The molecule has 0 unspecified atom stereocenters. The van der Waals surface area contributed by atoms with Gasteiger partial charge in [-0.2, -0.15) is 0 Å². The minimum absolute atomic E-state index is 0.114. The molecule has 25 heavy (non-hydrogen) atoms. The fraction of sp³-hybridized carbons (Fsp3) is 0.278. The average molecular weight is 343 g/mol. The second-order valence-electron chi connectivity index (χ2n) is 5.47. The number of nitro groups is 1. The number of carbonyl (C=O) groups is 1. The number of non-ortho nitro benzene ring substituents is 1. The molecule has 1 amide bonds. The maximum absolute atomic E-state index is 12.1. The Morgan fingerprint density at radius 1 is 1.24 bits per heavy atom. The first-order valence-electron chi connectivity index (χ1n) is 7.89. The highest BCUT2D eigenvalue weighted by Gasteiger charge is 2.18. The summed E-state index contributed by atoms with van der Waals surface area (Å²) in [5.74, 6) is 0.438. The van der Waals surface area contributed by atoms with Crippen LogP contribution in [0.3, 0.4) is 0 Å². The second kappa shape index (κ2) is 8.14. The molecule has 7 heteroatoms. The Bertz CT molecular complexity index is 759. The third-order valence-electron chi connectivity index (χ3n) is 3.73. The van der Waals surface area contributed by atoms with Crippen LogP contribution in [0, 0.1) is 10.1 Å². The minimum atomic E-state index is -0.511. The summed E-state index contributed by atoms with van der Waals surface area (Å²) < 4.78 is 5.42. The van der Waals surface area contributed by atoms with Crippen molar-refractivity contribution >= 4 is 17.3 Å². The van der Waals surface area contributed by atoms with Crippen molar-refractivity contribution in [2.75, 3.05) is 25.6 Å². The number of anilines is 1. The van der Waals surface area contributed by atoms with E-state index in [0.717, 1.165) is 11.3 Å². The predicted molar refractivity (Wildman–Crippen MR) is 96.2 cm³/mol. The first kappa shape index (κ1) is 18.3. The van der Waals surface area contributed by atoms with Crippen molar-refractivity contribution < 1.29 is 14.5 Å². The van der Waals surface area contributed by atoms with Gasteiger partial charge < -0.3 is 15.0 Å². The van der Waals surface area contributed by atoms with Gasteiger partial charge in [0.05, 0.1) is 22.8 Å². The van der Waals surface area contributed by atoms with E-state index in [4.69, 9.17) is 4.74 Å². The van der Waals surface area contributed by atoms with Gasteiger partial charge in [0.25, 0.3) is 11.6 Å². The Kier molecular flexibility index (Phi) is 5.94. The van der Waals surface area contributed by atoms with Gasteiger partial charge in [0, 0.05) is 32.8 Å². The lowest BCUT2D eigenvalue weighted by Crippen LogP contribution is -2.24. The minimum Gasteiger partial charge on any atom is -0.494 e. The van der Waals surface area contributed by atoms with Crippen molar-refractivity contribution in [3.63, 3.8) is 0 Å². The van der Waals surface area contributed by atoms with Gasteiger partial charge in [-0.25, -0.2) is 0 Å². The number of rotatable bonds is 7. The molecule has 0 fully saturated rings. The summed E-state index contributed by atoms with van der Waals surface area (Å²) in [5, 5.41) is 13.5. The van der Waals surface area contributed by atoms with Crippen LogP contribution >= 0.6 is 0 Å². The summed E-state index contributed by atoms with van der Waals surface area (Å²) in [4.78, 5) is 24.4. The van der Waals surface area contributed by atoms with Crippen molar-refractivity contribution in [3.05, 3.63) is 63.7 Å². The lowest BCUT2D eigenvalue weighted by Gasteiger charge is -2.22. The number of carbonyl (C=O) groups excluding carboxylic acids is 1. The number of benzene rings is 2. The van der Waals surface area contributed by atoms with E-state index in [9.17, 15) is 14.9 Å². The lowest BCUT2D eigenvalue weighted by atomic mass is 10.1. The van der Waals surface area contributed by atoms with Gasteiger partial charge in [-0.05, 0) is 30.7 Å². The van der Waals surface area contributed by atoms with Crippen LogP contribution in [-0.2, 0) is 6.54 Å². The summed E-state index contributed by atoms with van der Waals surface area (Å²) in [6, 6.07) is 12.0. The lowest BCUT2D eigenvalue weighted by molar-refractivity contribution is -0.384. The number of nitrogens with zero attached hydrogens (tertiary/aromatic N) is 2. The SMILES string of the molecule is CCOc1ccc(CN(C)c2ccc([N+](=O)[O-])cc2C(=O)NC)cc1. The fourth-order valence-electron chi connectivity index (χ4n) is 2.50. The van der Waals surface area contributed by atoms with Gasteiger partial charge in [-0.15, -0.1) is 0 Å². The molecule has 0 aliphatic heterocycles. The highest BCUT2D eigenvalue weighted by Crippen LogP contribution is 2.26. The highest BCUT2D eigenvalue weighted by molar-refractivity contribution is 6.00. The molecule has 7 nitrogen and oxygen atoms in total. The standard InChI is InChI=1S/C18H21N3O4/c1-4-25-15-8-5-13(6-9-15)12-20(3)17-10-7-14(21(23)24)11-16(17)18(22)19-2/h5-11H,4,12H2,1-3H3,(H,19,22).